The van der Waals surface area contributed by atoms with Crippen LogP contribution in [0, 0.1) is 11.7 Å². The van der Waals surface area contributed by atoms with E-state index in [-0.39, 0.29) is 23.4 Å². The summed E-state index contributed by atoms with van der Waals surface area (Å²) in [4.78, 5) is 27.9. The third kappa shape index (κ3) is 4.11. The van der Waals surface area contributed by atoms with Crippen molar-refractivity contribution in [2.45, 2.75) is 13.8 Å². The minimum atomic E-state index is -0.340. The number of rotatable bonds is 4. The molecule has 1 aliphatic heterocycles. The van der Waals surface area contributed by atoms with E-state index in [4.69, 9.17) is 0 Å². The van der Waals surface area contributed by atoms with Gasteiger partial charge in [0, 0.05) is 37.7 Å². The van der Waals surface area contributed by atoms with Gasteiger partial charge in [-0.25, -0.2) is 4.39 Å². The molecule has 1 aromatic carbocycles. The van der Waals surface area contributed by atoms with Crippen LogP contribution in [0.2, 0.25) is 0 Å². The fraction of sp³-hybridized carbons (Fsp3) is 0.500. The standard InChI is InChI=1S/C16H21FN2O2/c1-12(2)16(21)19-9-7-18(8-10-19)11-15(20)13-3-5-14(17)6-4-13/h3-6,12H,7-11H2,1-2H3. The molecule has 21 heavy (non-hydrogen) atoms. The summed E-state index contributed by atoms with van der Waals surface area (Å²) in [5, 5.41) is 0. The first-order valence-electron chi connectivity index (χ1n) is 7.27. The van der Waals surface area contributed by atoms with Crippen molar-refractivity contribution in [2.24, 2.45) is 5.92 Å². The number of carbonyl (C=O) groups excluding carboxylic acids is 2. The van der Waals surface area contributed by atoms with Crippen LogP contribution in [-0.2, 0) is 4.79 Å². The summed E-state index contributed by atoms with van der Waals surface area (Å²) in [6.45, 7) is 6.83. The van der Waals surface area contributed by atoms with Crippen molar-refractivity contribution < 1.29 is 14.0 Å². The largest absolute Gasteiger partial charge is 0.340 e. The minimum Gasteiger partial charge on any atom is -0.340 e. The average molecular weight is 292 g/mol. The summed E-state index contributed by atoms with van der Waals surface area (Å²) in [5.74, 6) is -0.178. The van der Waals surface area contributed by atoms with Gasteiger partial charge in [-0.05, 0) is 24.3 Å². The van der Waals surface area contributed by atoms with Crippen molar-refractivity contribution in [3.05, 3.63) is 35.6 Å². The fourth-order valence-corrected chi connectivity index (χ4v) is 2.42. The molecule has 0 bridgehead atoms. The molecule has 0 N–H and O–H groups in total. The lowest BCUT2D eigenvalue weighted by atomic mass is 10.1. The lowest BCUT2D eigenvalue weighted by Crippen LogP contribution is -2.50. The van der Waals surface area contributed by atoms with E-state index in [2.05, 4.69) is 0 Å². The van der Waals surface area contributed by atoms with Crippen LogP contribution in [0.4, 0.5) is 4.39 Å². The van der Waals surface area contributed by atoms with E-state index in [1.165, 1.54) is 24.3 Å². The van der Waals surface area contributed by atoms with Crippen molar-refractivity contribution >= 4 is 11.7 Å². The predicted molar refractivity (Wildman–Crippen MR) is 78.6 cm³/mol. The molecule has 0 aromatic heterocycles. The van der Waals surface area contributed by atoms with Gasteiger partial charge in [-0.3, -0.25) is 14.5 Å². The predicted octanol–water partition coefficient (Wildman–Crippen LogP) is 1.81. The number of Topliss-reactive ketones (excluding diaryl/α,β-unsaturated/α-hetero) is 1. The summed E-state index contributed by atoms with van der Waals surface area (Å²) in [5.41, 5.74) is 0.525. The van der Waals surface area contributed by atoms with Gasteiger partial charge in [-0.1, -0.05) is 13.8 Å². The molecule has 0 saturated carbocycles. The van der Waals surface area contributed by atoms with Gasteiger partial charge in [0.05, 0.1) is 6.54 Å². The first-order valence-corrected chi connectivity index (χ1v) is 7.27. The smallest absolute Gasteiger partial charge is 0.225 e. The Hall–Kier alpha value is -1.75. The Morgan fingerprint density at radius 1 is 1.10 bits per heavy atom. The molecule has 0 atom stereocenters. The molecule has 0 aliphatic carbocycles. The molecule has 0 spiro atoms. The highest BCUT2D eigenvalue weighted by Crippen LogP contribution is 2.09. The maximum absolute atomic E-state index is 12.8. The number of carbonyl (C=O) groups is 2. The molecule has 0 radical (unpaired) electrons. The number of amides is 1. The maximum atomic E-state index is 12.8. The Kier molecular flexibility index (Phi) is 5.07. The molecule has 1 amide bonds. The Morgan fingerprint density at radius 2 is 1.67 bits per heavy atom. The summed E-state index contributed by atoms with van der Waals surface area (Å²) >= 11 is 0. The van der Waals surface area contributed by atoms with E-state index in [9.17, 15) is 14.0 Å². The SMILES string of the molecule is CC(C)C(=O)N1CCN(CC(=O)c2ccc(F)cc2)CC1. The molecule has 1 aliphatic rings. The zero-order valence-corrected chi connectivity index (χ0v) is 12.5. The van der Waals surface area contributed by atoms with Gasteiger partial charge >= 0.3 is 0 Å². The lowest BCUT2D eigenvalue weighted by Gasteiger charge is -2.35. The van der Waals surface area contributed by atoms with E-state index in [0.29, 0.717) is 38.3 Å². The van der Waals surface area contributed by atoms with Crippen molar-refractivity contribution in [3.63, 3.8) is 0 Å². The van der Waals surface area contributed by atoms with Gasteiger partial charge < -0.3 is 4.90 Å². The monoisotopic (exact) mass is 292 g/mol. The van der Waals surface area contributed by atoms with Crippen LogP contribution in [0.1, 0.15) is 24.2 Å². The van der Waals surface area contributed by atoms with Crippen LogP contribution >= 0.6 is 0 Å². The van der Waals surface area contributed by atoms with Gasteiger partial charge in [-0.15, -0.1) is 0 Å². The topological polar surface area (TPSA) is 40.6 Å². The van der Waals surface area contributed by atoms with Crippen molar-refractivity contribution in [3.8, 4) is 0 Å². The molecular formula is C16H21FN2O2. The van der Waals surface area contributed by atoms with Gasteiger partial charge in [0.15, 0.2) is 5.78 Å². The average Bonchev–Trinajstić information content (AvgIpc) is 2.47. The van der Waals surface area contributed by atoms with Crippen LogP contribution in [-0.4, -0.2) is 54.2 Å². The van der Waals surface area contributed by atoms with Crippen LogP contribution < -0.4 is 0 Å². The van der Waals surface area contributed by atoms with Crippen molar-refractivity contribution in [1.82, 2.24) is 9.80 Å². The highest BCUT2D eigenvalue weighted by atomic mass is 19.1. The summed E-state index contributed by atoms with van der Waals surface area (Å²) in [6, 6.07) is 5.62. The quantitative estimate of drug-likeness (QED) is 0.795. The van der Waals surface area contributed by atoms with E-state index in [1.807, 2.05) is 23.6 Å². The normalized spacial score (nSPS) is 16.3. The third-order valence-electron chi connectivity index (χ3n) is 3.71. The van der Waals surface area contributed by atoms with Crippen LogP contribution in [0.5, 0.6) is 0 Å². The Morgan fingerprint density at radius 3 is 2.19 bits per heavy atom. The molecule has 5 heteroatoms. The number of benzene rings is 1. The molecule has 1 aromatic rings. The lowest BCUT2D eigenvalue weighted by molar-refractivity contribution is -0.136. The van der Waals surface area contributed by atoms with Crippen molar-refractivity contribution in [2.75, 3.05) is 32.7 Å². The third-order valence-corrected chi connectivity index (χ3v) is 3.71. The number of hydrogen-bond acceptors (Lipinski definition) is 3. The molecule has 2 rings (SSSR count). The zero-order valence-electron chi connectivity index (χ0n) is 12.5. The molecule has 114 valence electrons. The van der Waals surface area contributed by atoms with E-state index < -0.39 is 0 Å². The van der Waals surface area contributed by atoms with Crippen LogP contribution in [0.25, 0.3) is 0 Å². The molecule has 4 nitrogen and oxygen atoms in total. The maximum Gasteiger partial charge on any atom is 0.225 e. The van der Waals surface area contributed by atoms with Crippen LogP contribution in [0.3, 0.4) is 0 Å². The van der Waals surface area contributed by atoms with Gasteiger partial charge in [0.25, 0.3) is 0 Å². The molecular weight excluding hydrogens is 271 g/mol. The molecule has 1 fully saturated rings. The summed E-state index contributed by atoms with van der Waals surface area (Å²) in [6.07, 6.45) is 0. The van der Waals surface area contributed by atoms with Gasteiger partial charge in [0.1, 0.15) is 5.82 Å². The van der Waals surface area contributed by atoms with E-state index in [0.717, 1.165) is 0 Å². The number of ketones is 1. The fourth-order valence-electron chi connectivity index (χ4n) is 2.42. The first kappa shape index (κ1) is 15.6. The highest BCUT2D eigenvalue weighted by molar-refractivity contribution is 5.97. The number of nitrogens with zero attached hydrogens (tertiary/aromatic N) is 2. The molecule has 1 heterocycles. The van der Waals surface area contributed by atoms with E-state index in [1.54, 1.807) is 0 Å². The molecule has 1 saturated heterocycles. The molecule has 0 unspecified atom stereocenters. The van der Waals surface area contributed by atoms with Crippen LogP contribution in [0.15, 0.2) is 24.3 Å². The second kappa shape index (κ2) is 6.80. The highest BCUT2D eigenvalue weighted by Gasteiger charge is 2.23. The Balaban J connectivity index is 1.84. The number of piperazine rings is 1. The van der Waals surface area contributed by atoms with Crippen molar-refractivity contribution in [1.29, 1.82) is 0 Å². The summed E-state index contributed by atoms with van der Waals surface area (Å²) in [7, 11) is 0. The second-order valence-electron chi connectivity index (χ2n) is 5.69. The minimum absolute atomic E-state index is 0.0115. The van der Waals surface area contributed by atoms with Gasteiger partial charge in [0.2, 0.25) is 5.91 Å². The zero-order chi connectivity index (χ0) is 15.4. The second-order valence-corrected chi connectivity index (χ2v) is 5.69. The number of halogens is 1. The Bertz CT molecular complexity index is 506. The van der Waals surface area contributed by atoms with E-state index >= 15 is 0 Å². The summed E-state index contributed by atoms with van der Waals surface area (Å²) < 4.78 is 12.8. The first-order chi connectivity index (χ1) is 9.97. The Labute approximate surface area is 124 Å². The number of hydrogen-bond donors (Lipinski definition) is 0. The van der Waals surface area contributed by atoms with Gasteiger partial charge in [-0.2, -0.15) is 0 Å².